The lowest BCUT2D eigenvalue weighted by Crippen LogP contribution is -2.61. The maximum Gasteiger partial charge on any atom is 0.329 e. The van der Waals surface area contributed by atoms with Gasteiger partial charge >= 0.3 is 12.0 Å². The molecule has 2 saturated heterocycles. The van der Waals surface area contributed by atoms with Crippen molar-refractivity contribution >= 4 is 35.5 Å². The van der Waals surface area contributed by atoms with Crippen LogP contribution in [0.3, 0.4) is 0 Å². The SMILES string of the molecule is C=CCNC(=O)C(=O)C(CCC)NC(=O)[C@@H]1[C@H]2CC(C)(C)O[C@H]2CN1C(=O)[C@@H](NC(=O)N[C@H](C(=O)OCC1=CCCO1)C(C)C)C1CCCCC1. The van der Waals surface area contributed by atoms with Gasteiger partial charge in [-0.3, -0.25) is 19.2 Å². The second-order valence-corrected chi connectivity index (χ2v) is 15.1. The average Bonchev–Trinajstić information content (AvgIpc) is 3.81. The molecule has 284 valence electrons. The Morgan fingerprint density at radius 2 is 1.80 bits per heavy atom. The number of ketones is 1. The fraction of sp³-hybridized carbons (Fsp3) is 0.730. The summed E-state index contributed by atoms with van der Waals surface area (Å²) in [4.78, 5) is 82.6. The van der Waals surface area contributed by atoms with E-state index < -0.39 is 71.4 Å². The Labute approximate surface area is 301 Å². The van der Waals surface area contributed by atoms with Crippen LogP contribution in [0.15, 0.2) is 24.5 Å². The highest BCUT2D eigenvalue weighted by molar-refractivity contribution is 6.38. The number of fused-ring (bicyclic) bond motifs is 1. The number of likely N-dealkylation sites (tertiary alicyclic amines) is 1. The van der Waals surface area contributed by atoms with Gasteiger partial charge in [0.1, 0.15) is 30.5 Å². The molecule has 1 aliphatic carbocycles. The van der Waals surface area contributed by atoms with E-state index in [1.165, 1.54) is 11.0 Å². The van der Waals surface area contributed by atoms with Crippen LogP contribution in [-0.4, -0.2) is 103 Å². The molecule has 1 unspecified atom stereocenters. The Hall–Kier alpha value is -3.94. The van der Waals surface area contributed by atoms with Gasteiger partial charge in [0.15, 0.2) is 0 Å². The zero-order valence-corrected chi connectivity index (χ0v) is 30.8. The van der Waals surface area contributed by atoms with Gasteiger partial charge in [0.2, 0.25) is 17.6 Å². The van der Waals surface area contributed by atoms with Crippen molar-refractivity contribution in [2.24, 2.45) is 17.8 Å². The molecule has 5 amide bonds. The number of nitrogens with zero attached hydrogens (tertiary/aromatic N) is 1. The molecular weight excluding hydrogens is 658 g/mol. The van der Waals surface area contributed by atoms with Crippen LogP contribution < -0.4 is 21.3 Å². The van der Waals surface area contributed by atoms with Crippen LogP contribution >= 0.6 is 0 Å². The largest absolute Gasteiger partial charge is 0.494 e. The van der Waals surface area contributed by atoms with Crippen molar-refractivity contribution in [3.05, 3.63) is 24.5 Å². The molecule has 0 spiro atoms. The fourth-order valence-electron chi connectivity index (χ4n) is 7.71. The van der Waals surface area contributed by atoms with E-state index in [9.17, 15) is 28.8 Å². The van der Waals surface area contributed by atoms with Crippen molar-refractivity contribution in [1.82, 2.24) is 26.2 Å². The fourth-order valence-corrected chi connectivity index (χ4v) is 7.71. The Morgan fingerprint density at radius 3 is 2.43 bits per heavy atom. The normalized spacial score (nSPS) is 24.3. The van der Waals surface area contributed by atoms with E-state index in [1.807, 2.05) is 26.8 Å². The number of rotatable bonds is 16. The van der Waals surface area contributed by atoms with Gasteiger partial charge in [-0.15, -0.1) is 6.58 Å². The van der Waals surface area contributed by atoms with Crippen molar-refractivity contribution in [2.75, 3.05) is 26.3 Å². The maximum atomic E-state index is 14.7. The molecule has 4 rings (SSSR count). The van der Waals surface area contributed by atoms with Crippen molar-refractivity contribution in [1.29, 1.82) is 0 Å². The summed E-state index contributed by atoms with van der Waals surface area (Å²) in [7, 11) is 0. The number of hydrogen-bond donors (Lipinski definition) is 4. The number of carbonyl (C=O) groups is 6. The third-order valence-corrected chi connectivity index (χ3v) is 10.2. The number of hydrogen-bond acceptors (Lipinski definition) is 9. The first-order chi connectivity index (χ1) is 24.3. The van der Waals surface area contributed by atoms with Gasteiger partial charge in [-0.2, -0.15) is 0 Å². The van der Waals surface area contributed by atoms with Crippen molar-refractivity contribution in [2.45, 2.75) is 128 Å². The Balaban J connectivity index is 1.55. The number of amides is 5. The highest BCUT2D eigenvalue weighted by Crippen LogP contribution is 2.43. The van der Waals surface area contributed by atoms with E-state index in [2.05, 4.69) is 27.8 Å². The van der Waals surface area contributed by atoms with Gasteiger partial charge < -0.3 is 40.4 Å². The predicted octanol–water partition coefficient (Wildman–Crippen LogP) is 2.66. The zero-order valence-electron chi connectivity index (χ0n) is 30.8. The van der Waals surface area contributed by atoms with E-state index in [-0.39, 0.29) is 43.9 Å². The molecule has 4 aliphatic rings. The number of carbonyl (C=O) groups excluding carboxylic acids is 6. The van der Waals surface area contributed by atoms with Gasteiger partial charge in [0, 0.05) is 25.4 Å². The smallest absolute Gasteiger partial charge is 0.329 e. The van der Waals surface area contributed by atoms with Crippen LogP contribution in [0.5, 0.6) is 0 Å². The minimum Gasteiger partial charge on any atom is -0.494 e. The maximum absolute atomic E-state index is 14.7. The van der Waals surface area contributed by atoms with Gasteiger partial charge in [-0.05, 0) is 57.4 Å². The van der Waals surface area contributed by atoms with Crippen LogP contribution in [0.4, 0.5) is 4.79 Å². The second-order valence-electron chi connectivity index (χ2n) is 15.1. The summed E-state index contributed by atoms with van der Waals surface area (Å²) in [5.41, 5.74) is -0.534. The van der Waals surface area contributed by atoms with Gasteiger partial charge in [-0.25, -0.2) is 9.59 Å². The molecule has 0 radical (unpaired) electrons. The highest BCUT2D eigenvalue weighted by Gasteiger charge is 2.56. The lowest BCUT2D eigenvalue weighted by Gasteiger charge is -2.36. The third kappa shape index (κ3) is 10.3. The number of esters is 1. The quantitative estimate of drug-likeness (QED) is 0.106. The molecule has 51 heavy (non-hydrogen) atoms. The molecule has 14 heteroatoms. The summed E-state index contributed by atoms with van der Waals surface area (Å²) in [6.07, 6.45) is 9.07. The standard InChI is InChI=1S/C37H57N5O9/c1-7-13-26(31(43)33(45)38-17-8-2)39-32(44)30-25-19-37(5,6)51-27(25)20-42(30)34(46)29(23-14-10-9-11-15-23)41-36(48)40-28(22(3)4)35(47)50-21-24-16-12-18-49-24/h8,16,22-23,25-30H,2,7,9-15,17-21H2,1,3-6H3,(H,38,45)(H,39,44)(H2,40,41,48)/t25-,26?,27-,28-,29-,30-/m0/s1. The first-order valence-electron chi connectivity index (χ1n) is 18.5. The zero-order chi connectivity index (χ0) is 37.3. The van der Waals surface area contributed by atoms with Crippen molar-refractivity contribution in [3.63, 3.8) is 0 Å². The number of ether oxygens (including phenoxy) is 3. The molecule has 3 heterocycles. The predicted molar refractivity (Wildman–Crippen MR) is 188 cm³/mol. The van der Waals surface area contributed by atoms with E-state index in [0.29, 0.717) is 38.0 Å². The summed E-state index contributed by atoms with van der Waals surface area (Å²) >= 11 is 0. The molecule has 1 saturated carbocycles. The molecule has 0 aromatic rings. The molecule has 0 bridgehead atoms. The lowest BCUT2D eigenvalue weighted by molar-refractivity contribution is -0.147. The van der Waals surface area contributed by atoms with Crippen LogP contribution in [0, 0.1) is 17.8 Å². The minimum absolute atomic E-state index is 0.0294. The van der Waals surface area contributed by atoms with E-state index in [0.717, 1.165) is 25.7 Å². The number of Topliss-reactive ketones (excluding diaryl/α,β-unsaturated/α-hetero) is 1. The van der Waals surface area contributed by atoms with Crippen LogP contribution in [0.1, 0.15) is 92.4 Å². The molecular formula is C37H57N5O9. The number of urea groups is 1. The second kappa shape index (κ2) is 18.0. The van der Waals surface area contributed by atoms with Gasteiger partial charge in [0.25, 0.3) is 5.91 Å². The van der Waals surface area contributed by atoms with Crippen LogP contribution in [0.2, 0.25) is 0 Å². The molecule has 3 fully saturated rings. The first kappa shape index (κ1) is 39.8. The number of nitrogens with one attached hydrogen (secondary N) is 4. The summed E-state index contributed by atoms with van der Waals surface area (Å²) in [5, 5.41) is 10.9. The molecule has 14 nitrogen and oxygen atoms in total. The third-order valence-electron chi connectivity index (χ3n) is 10.2. The first-order valence-corrected chi connectivity index (χ1v) is 18.5. The topological polar surface area (TPSA) is 181 Å². The molecule has 6 atom stereocenters. The van der Waals surface area contributed by atoms with Crippen molar-refractivity contribution in [3.8, 4) is 0 Å². The summed E-state index contributed by atoms with van der Waals surface area (Å²) in [6, 6.07) is -4.73. The average molecular weight is 716 g/mol. The van der Waals surface area contributed by atoms with Gasteiger partial charge in [0.05, 0.1) is 24.4 Å². The summed E-state index contributed by atoms with van der Waals surface area (Å²) in [5.74, 6) is -3.48. The molecule has 0 aromatic heterocycles. The minimum atomic E-state index is -1.08. The van der Waals surface area contributed by atoms with Crippen molar-refractivity contribution < 1.29 is 43.0 Å². The Kier molecular flexibility index (Phi) is 14.1. The van der Waals surface area contributed by atoms with Crippen LogP contribution in [-0.2, 0) is 38.2 Å². The summed E-state index contributed by atoms with van der Waals surface area (Å²) < 4.78 is 17.2. The monoisotopic (exact) mass is 715 g/mol. The van der Waals surface area contributed by atoms with E-state index in [1.54, 1.807) is 13.8 Å². The van der Waals surface area contributed by atoms with E-state index in [4.69, 9.17) is 14.2 Å². The molecule has 0 aromatic carbocycles. The highest BCUT2D eigenvalue weighted by atomic mass is 16.6. The summed E-state index contributed by atoms with van der Waals surface area (Å²) in [6.45, 7) is 13.6. The Bertz CT molecular complexity index is 1340. The molecule has 3 aliphatic heterocycles. The van der Waals surface area contributed by atoms with Gasteiger partial charge in [-0.1, -0.05) is 52.5 Å². The lowest BCUT2D eigenvalue weighted by atomic mass is 9.83. The van der Waals surface area contributed by atoms with E-state index >= 15 is 0 Å². The van der Waals surface area contributed by atoms with Crippen LogP contribution in [0.25, 0.3) is 0 Å². The molecule has 4 N–H and O–H groups in total. The Morgan fingerprint density at radius 1 is 1.08 bits per heavy atom.